The minimum atomic E-state index is -0.513. The first-order chi connectivity index (χ1) is 11.6. The zero-order chi connectivity index (χ0) is 16.7. The summed E-state index contributed by atoms with van der Waals surface area (Å²) in [6.45, 7) is 0.396. The van der Waals surface area contributed by atoms with Crippen molar-refractivity contribution in [3.8, 4) is 10.7 Å². The third-order valence-corrected chi connectivity index (χ3v) is 5.03. The number of hydrogen-bond donors (Lipinski definition) is 0. The Labute approximate surface area is 145 Å². The Bertz CT molecular complexity index is 897. The monoisotopic (exact) mass is 363 g/mol. The van der Waals surface area contributed by atoms with E-state index in [-0.39, 0.29) is 23.3 Å². The summed E-state index contributed by atoms with van der Waals surface area (Å²) in [5.41, 5.74) is 0.562. The Hall–Kier alpha value is -2.25. The Balaban J connectivity index is 1.56. The molecule has 2 aromatic heterocycles. The van der Waals surface area contributed by atoms with Gasteiger partial charge in [-0.25, -0.2) is 4.39 Å². The second kappa shape index (κ2) is 5.99. The summed E-state index contributed by atoms with van der Waals surface area (Å²) in [4.78, 5) is 19.2. The largest absolute Gasteiger partial charge is 0.339 e. The van der Waals surface area contributed by atoms with Crippen molar-refractivity contribution in [1.82, 2.24) is 10.1 Å². The molecule has 24 heavy (non-hydrogen) atoms. The molecule has 1 amide bonds. The fourth-order valence-corrected chi connectivity index (χ4v) is 3.51. The summed E-state index contributed by atoms with van der Waals surface area (Å²) < 4.78 is 18.6. The fourth-order valence-electron chi connectivity index (χ4n) is 2.68. The summed E-state index contributed by atoms with van der Waals surface area (Å²) >= 11 is 7.32. The van der Waals surface area contributed by atoms with Crippen molar-refractivity contribution in [3.05, 3.63) is 52.4 Å². The maximum absolute atomic E-state index is 13.3. The van der Waals surface area contributed by atoms with Crippen LogP contribution in [0.3, 0.4) is 0 Å². The lowest BCUT2D eigenvalue weighted by Gasteiger charge is -2.16. The lowest BCUT2D eigenvalue weighted by Crippen LogP contribution is -2.24. The van der Waals surface area contributed by atoms with Crippen molar-refractivity contribution in [2.75, 3.05) is 11.4 Å². The molecular weight excluding hydrogens is 353 g/mol. The first-order valence-corrected chi connectivity index (χ1v) is 8.50. The van der Waals surface area contributed by atoms with Gasteiger partial charge in [0.15, 0.2) is 0 Å². The summed E-state index contributed by atoms with van der Waals surface area (Å²) in [5.74, 6) is 0.167. The van der Waals surface area contributed by atoms with Crippen molar-refractivity contribution < 1.29 is 13.7 Å². The van der Waals surface area contributed by atoms with Crippen LogP contribution in [0.15, 0.2) is 40.2 Å². The fraction of sp³-hybridized carbons (Fsp3) is 0.188. The summed E-state index contributed by atoms with van der Waals surface area (Å²) in [7, 11) is 0. The second-order valence-electron chi connectivity index (χ2n) is 5.44. The second-order valence-corrected chi connectivity index (χ2v) is 6.79. The molecule has 1 fully saturated rings. The van der Waals surface area contributed by atoms with Crippen LogP contribution in [0.5, 0.6) is 0 Å². The molecule has 122 valence electrons. The third-order valence-electron chi connectivity index (χ3n) is 3.87. The van der Waals surface area contributed by atoms with E-state index in [1.807, 2.05) is 17.5 Å². The zero-order valence-electron chi connectivity index (χ0n) is 12.3. The molecule has 4 rings (SSSR count). The van der Waals surface area contributed by atoms with Crippen LogP contribution in [-0.2, 0) is 4.79 Å². The van der Waals surface area contributed by atoms with Crippen LogP contribution in [0.2, 0.25) is 5.02 Å². The van der Waals surface area contributed by atoms with Gasteiger partial charge in [0, 0.05) is 18.7 Å². The Morgan fingerprint density at radius 2 is 2.25 bits per heavy atom. The molecule has 0 N–H and O–H groups in total. The Morgan fingerprint density at radius 3 is 3.00 bits per heavy atom. The predicted octanol–water partition coefficient (Wildman–Crippen LogP) is 4.11. The first kappa shape index (κ1) is 15.3. The molecule has 1 saturated heterocycles. The number of carbonyl (C=O) groups is 1. The van der Waals surface area contributed by atoms with Gasteiger partial charge in [-0.2, -0.15) is 4.98 Å². The van der Waals surface area contributed by atoms with Crippen LogP contribution in [0.1, 0.15) is 18.2 Å². The molecule has 1 unspecified atom stereocenters. The molecule has 5 nitrogen and oxygen atoms in total. The van der Waals surface area contributed by atoms with E-state index in [1.165, 1.54) is 29.5 Å². The molecule has 1 atom stereocenters. The number of anilines is 1. The molecule has 0 saturated carbocycles. The Kier molecular flexibility index (Phi) is 3.82. The summed E-state index contributed by atoms with van der Waals surface area (Å²) in [6, 6.07) is 8.05. The van der Waals surface area contributed by atoms with E-state index < -0.39 is 5.82 Å². The van der Waals surface area contributed by atoms with Gasteiger partial charge in [0.1, 0.15) is 5.82 Å². The predicted molar refractivity (Wildman–Crippen MR) is 88.7 cm³/mol. The number of benzene rings is 1. The van der Waals surface area contributed by atoms with Crippen molar-refractivity contribution in [2.24, 2.45) is 0 Å². The summed E-state index contributed by atoms with van der Waals surface area (Å²) in [6.07, 6.45) is 0.265. The van der Waals surface area contributed by atoms with Gasteiger partial charge in [0.2, 0.25) is 17.6 Å². The summed E-state index contributed by atoms with van der Waals surface area (Å²) in [5, 5.41) is 5.90. The molecule has 0 aliphatic carbocycles. The average Bonchev–Trinajstić information content (AvgIpc) is 3.28. The molecule has 0 bridgehead atoms. The standard InChI is InChI=1S/C16H11ClFN3O2S/c17-11-7-10(3-4-12(11)18)21-8-9(6-14(21)22)16-19-15(20-23-16)13-2-1-5-24-13/h1-5,7,9H,6,8H2. The molecule has 1 aliphatic rings. The van der Waals surface area contributed by atoms with Crippen LogP contribution in [0.4, 0.5) is 10.1 Å². The van der Waals surface area contributed by atoms with E-state index in [1.54, 1.807) is 4.90 Å². The van der Waals surface area contributed by atoms with E-state index in [4.69, 9.17) is 16.1 Å². The zero-order valence-corrected chi connectivity index (χ0v) is 13.9. The molecule has 3 aromatic rings. The minimum absolute atomic E-state index is 0.0125. The normalized spacial score (nSPS) is 17.7. The maximum atomic E-state index is 13.3. The number of amides is 1. The van der Waals surface area contributed by atoms with Gasteiger partial charge in [-0.3, -0.25) is 4.79 Å². The molecule has 8 heteroatoms. The van der Waals surface area contributed by atoms with Crippen molar-refractivity contribution in [2.45, 2.75) is 12.3 Å². The van der Waals surface area contributed by atoms with E-state index in [0.29, 0.717) is 23.9 Å². The molecule has 1 aromatic carbocycles. The van der Waals surface area contributed by atoms with E-state index in [0.717, 1.165) is 4.88 Å². The van der Waals surface area contributed by atoms with Gasteiger partial charge >= 0.3 is 0 Å². The molecule has 0 spiro atoms. The minimum Gasteiger partial charge on any atom is -0.339 e. The maximum Gasteiger partial charge on any atom is 0.232 e. The van der Waals surface area contributed by atoms with Gasteiger partial charge in [0.05, 0.1) is 15.8 Å². The van der Waals surface area contributed by atoms with Gasteiger partial charge in [-0.05, 0) is 29.6 Å². The number of carbonyl (C=O) groups excluding carboxylic acids is 1. The smallest absolute Gasteiger partial charge is 0.232 e. The highest BCUT2D eigenvalue weighted by atomic mass is 35.5. The highest BCUT2D eigenvalue weighted by Gasteiger charge is 2.35. The van der Waals surface area contributed by atoms with Crippen LogP contribution in [-0.4, -0.2) is 22.6 Å². The average molecular weight is 364 g/mol. The molecule has 0 radical (unpaired) electrons. The van der Waals surface area contributed by atoms with Crippen LogP contribution < -0.4 is 4.90 Å². The van der Waals surface area contributed by atoms with Crippen molar-refractivity contribution in [3.63, 3.8) is 0 Å². The number of nitrogens with zero attached hydrogens (tertiary/aromatic N) is 3. The third kappa shape index (κ3) is 2.70. The Morgan fingerprint density at radius 1 is 1.38 bits per heavy atom. The van der Waals surface area contributed by atoms with Crippen LogP contribution in [0.25, 0.3) is 10.7 Å². The molecular formula is C16H11ClFN3O2S. The van der Waals surface area contributed by atoms with E-state index in [9.17, 15) is 9.18 Å². The molecule has 3 heterocycles. The van der Waals surface area contributed by atoms with E-state index in [2.05, 4.69) is 10.1 Å². The van der Waals surface area contributed by atoms with Gasteiger partial charge in [-0.15, -0.1) is 11.3 Å². The topological polar surface area (TPSA) is 59.2 Å². The van der Waals surface area contributed by atoms with Gasteiger partial charge in [0.25, 0.3) is 0 Å². The SMILES string of the molecule is O=C1CC(c2nc(-c3cccs3)no2)CN1c1ccc(F)c(Cl)c1. The van der Waals surface area contributed by atoms with Crippen LogP contribution >= 0.6 is 22.9 Å². The number of halogens is 2. The number of rotatable bonds is 3. The first-order valence-electron chi connectivity index (χ1n) is 7.24. The number of thiophene rings is 1. The van der Waals surface area contributed by atoms with Crippen molar-refractivity contribution >= 4 is 34.5 Å². The lowest BCUT2D eigenvalue weighted by atomic mass is 10.1. The number of hydrogen-bond acceptors (Lipinski definition) is 5. The highest BCUT2D eigenvalue weighted by Crippen LogP contribution is 2.33. The lowest BCUT2D eigenvalue weighted by molar-refractivity contribution is -0.117. The molecule has 1 aliphatic heterocycles. The number of aromatic nitrogens is 2. The van der Waals surface area contributed by atoms with E-state index >= 15 is 0 Å². The van der Waals surface area contributed by atoms with Gasteiger partial charge < -0.3 is 9.42 Å². The quantitative estimate of drug-likeness (QED) is 0.702. The highest BCUT2D eigenvalue weighted by molar-refractivity contribution is 7.13. The van der Waals surface area contributed by atoms with Gasteiger partial charge in [-0.1, -0.05) is 22.8 Å². The van der Waals surface area contributed by atoms with Crippen LogP contribution in [0, 0.1) is 5.82 Å². The van der Waals surface area contributed by atoms with Crippen molar-refractivity contribution in [1.29, 1.82) is 0 Å².